The van der Waals surface area contributed by atoms with Crippen molar-refractivity contribution in [1.29, 1.82) is 0 Å². The standard InChI is InChI=1S/C21H27F3O5/c1-3-8-20(2)11-27-21(26,28-12-20)14-6-4-13(5-7-14)19(25)29-15-9-16(22)18(24)17(23)10-15/h9-10,13-14,26H,3-8,11-12H2,1-2H3. The zero-order valence-electron chi connectivity index (χ0n) is 16.7. The maximum atomic E-state index is 13.3. The number of hydrogen-bond donors (Lipinski definition) is 1. The van der Waals surface area contributed by atoms with E-state index in [-0.39, 0.29) is 17.1 Å². The van der Waals surface area contributed by atoms with Crippen LogP contribution < -0.4 is 4.74 Å². The van der Waals surface area contributed by atoms with Crippen LogP contribution in [0.4, 0.5) is 13.2 Å². The van der Waals surface area contributed by atoms with Gasteiger partial charge in [-0.25, -0.2) is 13.2 Å². The number of esters is 1. The Morgan fingerprint density at radius 2 is 1.69 bits per heavy atom. The molecular weight excluding hydrogens is 389 g/mol. The van der Waals surface area contributed by atoms with Crippen LogP contribution in [0.15, 0.2) is 12.1 Å². The molecule has 0 spiro atoms. The minimum absolute atomic E-state index is 0.123. The monoisotopic (exact) mass is 416 g/mol. The van der Waals surface area contributed by atoms with E-state index in [4.69, 9.17) is 14.2 Å². The van der Waals surface area contributed by atoms with Gasteiger partial charge in [0.1, 0.15) is 5.75 Å². The molecule has 1 aliphatic carbocycles. The molecule has 2 fully saturated rings. The van der Waals surface area contributed by atoms with Crippen molar-refractivity contribution < 1.29 is 37.3 Å². The maximum Gasteiger partial charge on any atom is 0.314 e. The zero-order chi connectivity index (χ0) is 21.2. The molecule has 29 heavy (non-hydrogen) atoms. The third kappa shape index (κ3) is 4.92. The van der Waals surface area contributed by atoms with Crippen LogP contribution in [-0.2, 0) is 14.3 Å². The summed E-state index contributed by atoms with van der Waals surface area (Å²) in [6.07, 6.45) is 3.72. The molecule has 1 N–H and O–H groups in total. The van der Waals surface area contributed by atoms with Crippen LogP contribution in [0.25, 0.3) is 0 Å². The fourth-order valence-corrected chi connectivity index (χ4v) is 4.11. The summed E-state index contributed by atoms with van der Waals surface area (Å²) in [5.41, 5.74) is -0.123. The molecule has 5 nitrogen and oxygen atoms in total. The molecule has 0 atom stereocenters. The molecular formula is C21H27F3O5. The summed E-state index contributed by atoms with van der Waals surface area (Å²) in [7, 11) is 0. The summed E-state index contributed by atoms with van der Waals surface area (Å²) in [6, 6.07) is 1.28. The molecule has 1 saturated heterocycles. The van der Waals surface area contributed by atoms with Crippen LogP contribution in [0.5, 0.6) is 5.75 Å². The highest BCUT2D eigenvalue weighted by molar-refractivity contribution is 5.75. The summed E-state index contributed by atoms with van der Waals surface area (Å²) in [6.45, 7) is 4.95. The molecule has 1 aliphatic heterocycles. The van der Waals surface area contributed by atoms with Gasteiger partial charge in [0.25, 0.3) is 5.97 Å². The number of ether oxygens (including phenoxy) is 3. The van der Waals surface area contributed by atoms with E-state index in [1.807, 2.05) is 0 Å². The van der Waals surface area contributed by atoms with Crippen molar-refractivity contribution in [3.8, 4) is 5.75 Å². The minimum atomic E-state index is -1.66. The van der Waals surface area contributed by atoms with Gasteiger partial charge in [0, 0.05) is 23.5 Å². The second-order valence-electron chi connectivity index (χ2n) is 8.44. The molecule has 0 bridgehead atoms. The molecule has 0 radical (unpaired) electrons. The van der Waals surface area contributed by atoms with Gasteiger partial charge in [-0.1, -0.05) is 20.3 Å². The topological polar surface area (TPSA) is 65.0 Å². The largest absolute Gasteiger partial charge is 0.426 e. The fourth-order valence-electron chi connectivity index (χ4n) is 4.11. The van der Waals surface area contributed by atoms with E-state index >= 15 is 0 Å². The first-order valence-electron chi connectivity index (χ1n) is 10.0. The molecule has 1 saturated carbocycles. The second-order valence-corrected chi connectivity index (χ2v) is 8.44. The molecule has 0 amide bonds. The number of benzene rings is 1. The Bertz CT molecular complexity index is 715. The van der Waals surface area contributed by atoms with Gasteiger partial charge in [0.05, 0.1) is 19.1 Å². The Kier molecular flexibility index (Phi) is 6.55. The average Bonchev–Trinajstić information content (AvgIpc) is 2.69. The molecule has 0 unspecified atom stereocenters. The van der Waals surface area contributed by atoms with E-state index in [2.05, 4.69) is 13.8 Å². The first-order chi connectivity index (χ1) is 13.7. The lowest BCUT2D eigenvalue weighted by Gasteiger charge is -2.46. The lowest BCUT2D eigenvalue weighted by atomic mass is 9.79. The predicted molar refractivity (Wildman–Crippen MR) is 97.3 cm³/mol. The third-order valence-electron chi connectivity index (χ3n) is 5.86. The molecule has 1 aromatic carbocycles. The molecule has 2 aliphatic rings. The van der Waals surface area contributed by atoms with E-state index in [1.165, 1.54) is 0 Å². The number of aliphatic hydroxyl groups is 1. The van der Waals surface area contributed by atoms with E-state index in [9.17, 15) is 23.1 Å². The Morgan fingerprint density at radius 3 is 2.21 bits per heavy atom. The van der Waals surface area contributed by atoms with Crippen LogP contribution in [0, 0.1) is 34.7 Å². The Balaban J connectivity index is 1.53. The fraction of sp³-hybridized carbons (Fsp3) is 0.667. The molecule has 1 aromatic rings. The predicted octanol–water partition coefficient (Wildman–Crippen LogP) is 4.32. The first kappa shape index (κ1) is 22.1. The number of rotatable bonds is 5. The highest BCUT2D eigenvalue weighted by Gasteiger charge is 2.48. The van der Waals surface area contributed by atoms with Gasteiger partial charge < -0.3 is 19.3 Å². The summed E-state index contributed by atoms with van der Waals surface area (Å²) >= 11 is 0. The molecule has 0 aromatic heterocycles. The van der Waals surface area contributed by atoms with Crippen LogP contribution in [0.2, 0.25) is 0 Å². The maximum absolute atomic E-state index is 13.3. The van der Waals surface area contributed by atoms with Gasteiger partial charge in [0.15, 0.2) is 17.5 Å². The van der Waals surface area contributed by atoms with Crippen LogP contribution in [-0.4, -0.2) is 30.3 Å². The highest BCUT2D eigenvalue weighted by Crippen LogP contribution is 2.42. The summed E-state index contributed by atoms with van der Waals surface area (Å²) in [5, 5.41) is 10.8. The van der Waals surface area contributed by atoms with E-state index in [0.29, 0.717) is 51.0 Å². The van der Waals surface area contributed by atoms with Crippen LogP contribution in [0.1, 0.15) is 52.4 Å². The van der Waals surface area contributed by atoms with Crippen molar-refractivity contribution in [2.45, 2.75) is 58.3 Å². The summed E-state index contributed by atoms with van der Waals surface area (Å²) in [4.78, 5) is 12.3. The van der Waals surface area contributed by atoms with Crippen molar-refractivity contribution >= 4 is 5.97 Å². The summed E-state index contributed by atoms with van der Waals surface area (Å²) in [5.74, 6) is -7.88. The Labute approximate surface area is 168 Å². The van der Waals surface area contributed by atoms with Crippen molar-refractivity contribution in [3.63, 3.8) is 0 Å². The van der Waals surface area contributed by atoms with Crippen molar-refractivity contribution in [2.24, 2.45) is 17.3 Å². The SMILES string of the molecule is CCCC1(C)COC(O)(C2CCC(C(=O)Oc3cc(F)c(F)c(F)c3)CC2)OC1. The van der Waals surface area contributed by atoms with Crippen molar-refractivity contribution in [1.82, 2.24) is 0 Å². The zero-order valence-corrected chi connectivity index (χ0v) is 16.7. The Morgan fingerprint density at radius 1 is 1.14 bits per heavy atom. The second kappa shape index (κ2) is 8.62. The van der Waals surface area contributed by atoms with Gasteiger partial charge in [-0.3, -0.25) is 4.79 Å². The highest BCUT2D eigenvalue weighted by atomic mass is 19.2. The summed E-state index contributed by atoms with van der Waals surface area (Å²) < 4.78 is 56.0. The van der Waals surface area contributed by atoms with E-state index in [0.717, 1.165) is 12.8 Å². The van der Waals surface area contributed by atoms with Crippen LogP contribution >= 0.6 is 0 Å². The third-order valence-corrected chi connectivity index (χ3v) is 5.86. The van der Waals surface area contributed by atoms with Crippen molar-refractivity contribution in [2.75, 3.05) is 13.2 Å². The van der Waals surface area contributed by atoms with E-state index in [1.54, 1.807) is 0 Å². The minimum Gasteiger partial charge on any atom is -0.426 e. The quantitative estimate of drug-likeness (QED) is 0.440. The smallest absolute Gasteiger partial charge is 0.314 e. The average molecular weight is 416 g/mol. The van der Waals surface area contributed by atoms with Gasteiger partial charge in [0.2, 0.25) is 0 Å². The van der Waals surface area contributed by atoms with Gasteiger partial charge in [-0.2, -0.15) is 0 Å². The number of halogens is 3. The number of hydrogen-bond acceptors (Lipinski definition) is 5. The van der Waals surface area contributed by atoms with Gasteiger partial charge in [-0.15, -0.1) is 0 Å². The van der Waals surface area contributed by atoms with Gasteiger partial charge in [-0.05, 0) is 32.1 Å². The number of carbonyl (C=O) groups is 1. The molecule has 1 heterocycles. The lowest BCUT2D eigenvalue weighted by molar-refractivity contribution is -0.427. The van der Waals surface area contributed by atoms with Gasteiger partial charge >= 0.3 is 5.97 Å². The number of carbonyl (C=O) groups excluding carboxylic acids is 1. The molecule has 8 heteroatoms. The van der Waals surface area contributed by atoms with E-state index < -0.39 is 35.3 Å². The normalized spacial score (nSPS) is 32.8. The lowest BCUT2D eigenvalue weighted by Crippen LogP contribution is -2.53. The molecule has 3 rings (SSSR count). The Hall–Kier alpha value is -1.64. The first-order valence-corrected chi connectivity index (χ1v) is 10.0. The van der Waals surface area contributed by atoms with Crippen LogP contribution in [0.3, 0.4) is 0 Å². The van der Waals surface area contributed by atoms with Crippen molar-refractivity contribution in [3.05, 3.63) is 29.6 Å². The molecule has 162 valence electrons.